The van der Waals surface area contributed by atoms with E-state index in [4.69, 9.17) is 0 Å². The molecule has 0 spiro atoms. The maximum Gasteiger partial charge on any atom is 0.262 e. The Morgan fingerprint density at radius 2 is 1.62 bits per heavy atom. The molecule has 0 heterocycles. The Bertz CT molecular complexity index is 390. The molecular weight excluding hydrogens is 437 g/mol. The number of nitrogens with zero attached hydrogens (tertiary/aromatic N) is 1. The zero-order valence-corrected chi connectivity index (χ0v) is 12.3. The molecule has 0 saturated carbocycles. The van der Waals surface area contributed by atoms with E-state index in [0.717, 1.165) is 5.93 Å². The molecule has 0 aliphatic heterocycles. The Morgan fingerprint density at radius 3 is 2.00 bits per heavy atom. The van der Waals surface area contributed by atoms with Crippen LogP contribution in [0, 0.1) is 3.57 Å². The number of halogens is 3. The van der Waals surface area contributed by atoms with Crippen molar-refractivity contribution in [3.05, 3.63) is 27.8 Å². The topological polar surface area (TPSA) is 37.4 Å². The van der Waals surface area contributed by atoms with Crippen LogP contribution < -0.4 is 0 Å². The minimum absolute atomic E-state index is 0.238. The minimum atomic E-state index is -3.43. The van der Waals surface area contributed by atoms with Crippen molar-refractivity contribution >= 4 is 64.9 Å². The summed E-state index contributed by atoms with van der Waals surface area (Å²) in [5.41, 5.74) is 0. The SMILES string of the molecule is O=S(=O)(c1ccc(I)cc1)N(Br)Br. The minimum Gasteiger partial charge on any atom is -0.205 e. The first kappa shape index (κ1) is 11.9. The third-order valence-electron chi connectivity index (χ3n) is 1.29. The van der Waals surface area contributed by atoms with Crippen LogP contribution in [0.1, 0.15) is 0 Å². The van der Waals surface area contributed by atoms with E-state index in [1.807, 2.05) is 0 Å². The van der Waals surface area contributed by atoms with E-state index in [1.165, 1.54) is 0 Å². The van der Waals surface area contributed by atoms with Gasteiger partial charge in [-0.15, -0.1) is 0 Å². The summed E-state index contributed by atoms with van der Waals surface area (Å²) in [4.78, 5) is 0.238. The van der Waals surface area contributed by atoms with E-state index < -0.39 is 10.0 Å². The Morgan fingerprint density at radius 1 is 1.15 bits per heavy atom. The summed E-state index contributed by atoms with van der Waals surface area (Å²) in [6.07, 6.45) is 0. The second-order valence-electron chi connectivity index (χ2n) is 2.13. The van der Waals surface area contributed by atoms with Gasteiger partial charge in [-0.05, 0) is 46.9 Å². The average Bonchev–Trinajstić information content (AvgIpc) is 2.04. The predicted octanol–water partition coefficient (Wildman–Crippen LogP) is 2.90. The van der Waals surface area contributed by atoms with Gasteiger partial charge in [0.25, 0.3) is 10.0 Å². The number of hydrogen-bond donors (Lipinski definition) is 0. The van der Waals surface area contributed by atoms with E-state index in [0.29, 0.717) is 0 Å². The Hall–Kier alpha value is 0.820. The summed E-state index contributed by atoms with van der Waals surface area (Å²) >= 11 is 7.73. The largest absolute Gasteiger partial charge is 0.262 e. The van der Waals surface area contributed by atoms with Crippen molar-refractivity contribution in [2.45, 2.75) is 4.90 Å². The van der Waals surface area contributed by atoms with Crippen molar-refractivity contribution in [3.8, 4) is 0 Å². The van der Waals surface area contributed by atoms with Crippen molar-refractivity contribution in [3.63, 3.8) is 0 Å². The maximum absolute atomic E-state index is 11.5. The number of sulfonamides is 1. The summed E-state index contributed by atoms with van der Waals surface area (Å²) in [7, 11) is -3.43. The molecule has 0 bridgehead atoms. The van der Waals surface area contributed by atoms with Gasteiger partial charge in [0.1, 0.15) is 0 Å². The van der Waals surface area contributed by atoms with Gasteiger partial charge in [0.2, 0.25) is 0 Å². The molecule has 1 rings (SSSR count). The summed E-state index contributed by atoms with van der Waals surface area (Å²) in [6.45, 7) is 0. The molecule has 72 valence electrons. The lowest BCUT2D eigenvalue weighted by molar-refractivity contribution is 0.585. The molecule has 0 N–H and O–H groups in total. The van der Waals surface area contributed by atoms with Gasteiger partial charge in [0.05, 0.1) is 4.90 Å². The van der Waals surface area contributed by atoms with Crippen LogP contribution in [0.5, 0.6) is 0 Å². The van der Waals surface area contributed by atoms with Gasteiger partial charge in [-0.3, -0.25) is 0 Å². The highest BCUT2D eigenvalue weighted by molar-refractivity contribution is 14.1. The van der Waals surface area contributed by atoms with Crippen molar-refractivity contribution in [1.29, 1.82) is 0 Å². The van der Waals surface area contributed by atoms with E-state index in [1.54, 1.807) is 24.3 Å². The Labute approximate surface area is 107 Å². The van der Waals surface area contributed by atoms with Gasteiger partial charge in [-0.25, -0.2) is 8.42 Å². The van der Waals surface area contributed by atoms with Gasteiger partial charge >= 0.3 is 0 Å². The third-order valence-corrected chi connectivity index (χ3v) is 5.53. The molecule has 0 fully saturated rings. The monoisotopic (exact) mass is 439 g/mol. The second kappa shape index (κ2) is 4.56. The quantitative estimate of drug-likeness (QED) is 0.524. The van der Waals surface area contributed by atoms with E-state index in [2.05, 4.69) is 54.9 Å². The molecule has 7 heteroatoms. The Kier molecular flexibility index (Phi) is 4.17. The van der Waals surface area contributed by atoms with Crippen molar-refractivity contribution in [2.75, 3.05) is 0 Å². The van der Waals surface area contributed by atoms with Crippen molar-refractivity contribution in [2.24, 2.45) is 0 Å². The van der Waals surface area contributed by atoms with Crippen LogP contribution in [-0.4, -0.2) is 10.8 Å². The standard InChI is InChI=1S/C6H4Br2INO2S/c7-10(8)13(11,12)6-3-1-5(9)2-4-6/h1-4H. The van der Waals surface area contributed by atoms with E-state index in [-0.39, 0.29) is 4.90 Å². The van der Waals surface area contributed by atoms with Crippen molar-refractivity contribution in [1.82, 2.24) is 2.36 Å². The summed E-state index contributed by atoms with van der Waals surface area (Å²) < 4.78 is 24.8. The highest BCUT2D eigenvalue weighted by Crippen LogP contribution is 2.22. The lowest BCUT2D eigenvalue weighted by Crippen LogP contribution is -2.11. The molecule has 0 aliphatic rings. The van der Waals surface area contributed by atoms with Crippen LogP contribution in [-0.2, 0) is 10.0 Å². The molecule has 0 aromatic heterocycles. The smallest absolute Gasteiger partial charge is 0.205 e. The fourth-order valence-corrected chi connectivity index (χ4v) is 2.69. The molecule has 0 saturated heterocycles. The number of hydrogen-bond acceptors (Lipinski definition) is 2. The van der Waals surface area contributed by atoms with Gasteiger partial charge in [0, 0.05) is 35.9 Å². The van der Waals surface area contributed by atoms with Crippen LogP contribution in [0.3, 0.4) is 0 Å². The summed E-state index contributed by atoms with van der Waals surface area (Å²) in [5, 5.41) is 0. The third kappa shape index (κ3) is 2.88. The van der Waals surface area contributed by atoms with Gasteiger partial charge < -0.3 is 0 Å². The molecule has 1 aromatic carbocycles. The first-order valence-electron chi connectivity index (χ1n) is 3.07. The van der Waals surface area contributed by atoms with E-state index in [9.17, 15) is 8.42 Å². The number of benzene rings is 1. The summed E-state index contributed by atoms with van der Waals surface area (Å²) in [6, 6.07) is 6.56. The number of rotatable bonds is 2. The normalized spacial score (nSPS) is 12.0. The maximum atomic E-state index is 11.5. The average molecular weight is 441 g/mol. The predicted molar refractivity (Wildman–Crippen MR) is 66.0 cm³/mol. The second-order valence-corrected chi connectivity index (χ2v) is 8.47. The van der Waals surface area contributed by atoms with E-state index >= 15 is 0 Å². The molecule has 0 unspecified atom stereocenters. The highest BCUT2D eigenvalue weighted by atomic mass is 127. The zero-order chi connectivity index (χ0) is 10.1. The molecule has 0 amide bonds. The first-order valence-corrected chi connectivity index (χ1v) is 7.01. The van der Waals surface area contributed by atoms with Crippen LogP contribution in [0.25, 0.3) is 0 Å². The molecule has 3 nitrogen and oxygen atoms in total. The van der Waals surface area contributed by atoms with Crippen LogP contribution in [0.2, 0.25) is 0 Å². The molecule has 1 aromatic rings. The van der Waals surface area contributed by atoms with Gasteiger partial charge in [0.15, 0.2) is 0 Å². The van der Waals surface area contributed by atoms with Crippen LogP contribution in [0.15, 0.2) is 29.2 Å². The fraction of sp³-hybridized carbons (Fsp3) is 0. The lowest BCUT2D eigenvalue weighted by Gasteiger charge is -2.06. The van der Waals surface area contributed by atoms with Crippen LogP contribution >= 0.6 is 54.9 Å². The fourth-order valence-electron chi connectivity index (χ4n) is 0.686. The van der Waals surface area contributed by atoms with Gasteiger partial charge in [-0.1, -0.05) is 2.36 Å². The highest BCUT2D eigenvalue weighted by Gasteiger charge is 2.19. The van der Waals surface area contributed by atoms with Gasteiger partial charge in [-0.2, -0.15) is 0 Å². The van der Waals surface area contributed by atoms with Crippen LogP contribution in [0.4, 0.5) is 0 Å². The Balaban J connectivity index is 3.17. The van der Waals surface area contributed by atoms with Crippen molar-refractivity contribution < 1.29 is 8.42 Å². The first-order chi connectivity index (χ1) is 5.94. The lowest BCUT2D eigenvalue weighted by atomic mass is 10.4. The molecule has 0 aliphatic carbocycles. The zero-order valence-electron chi connectivity index (χ0n) is 6.12. The molecule has 13 heavy (non-hydrogen) atoms. The summed E-state index contributed by atoms with van der Waals surface area (Å²) in [5.74, 6) is 0. The molecular formula is C6H4Br2INO2S. The molecule has 0 atom stereocenters. The molecule has 0 radical (unpaired) electrons.